The number of nitrogens with two attached hydrogens (primary N) is 1. The van der Waals surface area contributed by atoms with Crippen LogP contribution in [0.15, 0.2) is 18.2 Å². The van der Waals surface area contributed by atoms with Crippen molar-refractivity contribution in [2.45, 2.75) is 31.7 Å². The molecule has 5 nitrogen and oxygen atoms in total. The predicted molar refractivity (Wildman–Crippen MR) is 85.6 cm³/mol. The number of hydrogen-bond acceptors (Lipinski definition) is 4. The average molecular weight is 291 g/mol. The first-order valence-corrected chi connectivity index (χ1v) is 7.53. The van der Waals surface area contributed by atoms with Gasteiger partial charge in [-0.15, -0.1) is 0 Å². The van der Waals surface area contributed by atoms with Crippen LogP contribution in [0.4, 0.5) is 11.4 Å². The van der Waals surface area contributed by atoms with E-state index in [0.717, 1.165) is 31.4 Å². The van der Waals surface area contributed by atoms with Gasteiger partial charge in [0.05, 0.1) is 24.0 Å². The fraction of sp³-hybridized carbons (Fsp3) is 0.562. The molecule has 0 radical (unpaired) electrons. The Kier molecular flexibility index (Phi) is 5.07. The van der Waals surface area contributed by atoms with Crippen LogP contribution in [0.3, 0.4) is 0 Å². The van der Waals surface area contributed by atoms with Gasteiger partial charge >= 0.3 is 0 Å². The van der Waals surface area contributed by atoms with Gasteiger partial charge in [-0.3, -0.25) is 4.79 Å². The summed E-state index contributed by atoms with van der Waals surface area (Å²) in [5.41, 5.74) is 8.12. The van der Waals surface area contributed by atoms with Crippen molar-refractivity contribution in [2.24, 2.45) is 0 Å². The molecule has 2 rings (SSSR count). The van der Waals surface area contributed by atoms with Gasteiger partial charge in [-0.2, -0.15) is 0 Å². The highest BCUT2D eigenvalue weighted by atomic mass is 16.3. The zero-order valence-corrected chi connectivity index (χ0v) is 12.9. The summed E-state index contributed by atoms with van der Waals surface area (Å²) in [5, 5.41) is 9.53. The van der Waals surface area contributed by atoms with Gasteiger partial charge in [0.1, 0.15) is 0 Å². The van der Waals surface area contributed by atoms with Crippen LogP contribution in [-0.4, -0.2) is 49.2 Å². The SMILES string of the molecule is CN(C)c1ccc(C(=O)N2CCCCCC2CO)cc1N. The molecule has 0 spiro atoms. The van der Waals surface area contributed by atoms with E-state index in [4.69, 9.17) is 5.73 Å². The maximum atomic E-state index is 12.7. The third kappa shape index (κ3) is 3.47. The molecule has 1 atom stereocenters. The van der Waals surface area contributed by atoms with Crippen LogP contribution >= 0.6 is 0 Å². The third-order valence-electron chi connectivity index (χ3n) is 4.11. The summed E-state index contributed by atoms with van der Waals surface area (Å²) in [7, 11) is 3.84. The summed E-state index contributed by atoms with van der Waals surface area (Å²) < 4.78 is 0. The molecule has 1 saturated heterocycles. The normalized spacial score (nSPS) is 19.2. The molecule has 1 fully saturated rings. The second-order valence-electron chi connectivity index (χ2n) is 5.85. The van der Waals surface area contributed by atoms with Gasteiger partial charge in [0, 0.05) is 26.2 Å². The van der Waals surface area contributed by atoms with Crippen molar-refractivity contribution in [1.82, 2.24) is 4.90 Å². The smallest absolute Gasteiger partial charge is 0.254 e. The maximum Gasteiger partial charge on any atom is 0.254 e. The van der Waals surface area contributed by atoms with Crippen LogP contribution in [0, 0.1) is 0 Å². The van der Waals surface area contributed by atoms with E-state index < -0.39 is 0 Å². The lowest BCUT2D eigenvalue weighted by atomic mass is 10.1. The molecule has 1 aromatic carbocycles. The third-order valence-corrected chi connectivity index (χ3v) is 4.11. The molecule has 1 aliphatic heterocycles. The quantitative estimate of drug-likeness (QED) is 0.832. The number of carbonyl (C=O) groups excluding carboxylic acids is 1. The van der Waals surface area contributed by atoms with Crippen molar-refractivity contribution in [1.29, 1.82) is 0 Å². The highest BCUT2D eigenvalue weighted by Gasteiger charge is 2.26. The molecule has 1 amide bonds. The zero-order valence-electron chi connectivity index (χ0n) is 12.9. The number of nitrogen functional groups attached to an aromatic ring is 1. The van der Waals surface area contributed by atoms with E-state index in [9.17, 15) is 9.90 Å². The van der Waals surface area contributed by atoms with Gasteiger partial charge in [0.15, 0.2) is 0 Å². The Bertz CT molecular complexity index is 502. The molecule has 0 aromatic heterocycles. The van der Waals surface area contributed by atoms with Crippen LogP contribution in [0.2, 0.25) is 0 Å². The molecular formula is C16H25N3O2. The van der Waals surface area contributed by atoms with Crippen LogP contribution in [-0.2, 0) is 0 Å². The average Bonchev–Trinajstić information content (AvgIpc) is 2.71. The molecule has 1 heterocycles. The molecule has 1 aliphatic rings. The summed E-state index contributed by atoms with van der Waals surface area (Å²) in [6.45, 7) is 0.733. The molecule has 0 aliphatic carbocycles. The fourth-order valence-electron chi connectivity index (χ4n) is 2.90. The standard InChI is InChI=1S/C16H25N3O2/c1-18(2)15-8-7-12(10-14(15)17)16(21)19-9-5-3-4-6-13(19)11-20/h7-8,10,13,20H,3-6,9,11,17H2,1-2H3. The summed E-state index contributed by atoms with van der Waals surface area (Å²) in [4.78, 5) is 16.4. The number of amides is 1. The molecular weight excluding hydrogens is 266 g/mol. The molecule has 0 saturated carbocycles. The van der Waals surface area contributed by atoms with E-state index in [2.05, 4.69) is 0 Å². The van der Waals surface area contributed by atoms with Crippen molar-refractivity contribution >= 4 is 17.3 Å². The van der Waals surface area contributed by atoms with Gasteiger partial charge in [-0.05, 0) is 31.0 Å². The van der Waals surface area contributed by atoms with E-state index in [1.807, 2.05) is 31.1 Å². The Hall–Kier alpha value is -1.75. The Morgan fingerprint density at radius 2 is 2.14 bits per heavy atom. The second-order valence-corrected chi connectivity index (χ2v) is 5.85. The summed E-state index contributed by atoms with van der Waals surface area (Å²) in [6, 6.07) is 5.34. The Balaban J connectivity index is 2.23. The number of hydrogen-bond donors (Lipinski definition) is 2. The van der Waals surface area contributed by atoms with Crippen molar-refractivity contribution < 1.29 is 9.90 Å². The number of likely N-dealkylation sites (tertiary alicyclic amines) is 1. The molecule has 0 bridgehead atoms. The Morgan fingerprint density at radius 1 is 1.38 bits per heavy atom. The second kappa shape index (κ2) is 6.80. The van der Waals surface area contributed by atoms with Gasteiger partial charge in [-0.1, -0.05) is 12.8 Å². The van der Waals surface area contributed by atoms with Crippen LogP contribution in [0.1, 0.15) is 36.0 Å². The van der Waals surface area contributed by atoms with E-state index in [-0.39, 0.29) is 18.6 Å². The lowest BCUT2D eigenvalue weighted by molar-refractivity contribution is 0.0600. The van der Waals surface area contributed by atoms with E-state index in [1.165, 1.54) is 0 Å². The maximum absolute atomic E-state index is 12.7. The first-order chi connectivity index (χ1) is 10.0. The summed E-state index contributed by atoms with van der Waals surface area (Å²) >= 11 is 0. The number of aliphatic hydroxyl groups is 1. The first kappa shape index (κ1) is 15.6. The predicted octanol–water partition coefficient (Wildman–Crippen LogP) is 1.71. The highest BCUT2D eigenvalue weighted by molar-refractivity contribution is 5.96. The van der Waals surface area contributed by atoms with Crippen LogP contribution in [0.5, 0.6) is 0 Å². The minimum absolute atomic E-state index is 0.0248. The Morgan fingerprint density at radius 3 is 2.76 bits per heavy atom. The van der Waals surface area contributed by atoms with Crippen molar-refractivity contribution in [3.05, 3.63) is 23.8 Å². The van der Waals surface area contributed by atoms with Crippen LogP contribution < -0.4 is 10.6 Å². The fourth-order valence-corrected chi connectivity index (χ4v) is 2.90. The summed E-state index contributed by atoms with van der Waals surface area (Å²) in [5.74, 6) is -0.0343. The van der Waals surface area contributed by atoms with Crippen molar-refractivity contribution in [2.75, 3.05) is 37.9 Å². The number of aliphatic hydroxyl groups excluding tert-OH is 1. The number of nitrogens with zero attached hydrogens (tertiary/aromatic N) is 2. The van der Waals surface area contributed by atoms with E-state index in [0.29, 0.717) is 17.8 Å². The highest BCUT2D eigenvalue weighted by Crippen LogP contribution is 2.25. The molecule has 1 unspecified atom stereocenters. The van der Waals surface area contributed by atoms with Gasteiger partial charge < -0.3 is 20.6 Å². The van der Waals surface area contributed by atoms with Crippen LogP contribution in [0.25, 0.3) is 0 Å². The number of carbonyl (C=O) groups is 1. The molecule has 3 N–H and O–H groups in total. The monoisotopic (exact) mass is 291 g/mol. The number of anilines is 2. The minimum Gasteiger partial charge on any atom is -0.397 e. The van der Waals surface area contributed by atoms with Gasteiger partial charge in [-0.25, -0.2) is 0 Å². The lowest BCUT2D eigenvalue weighted by Gasteiger charge is -2.29. The number of rotatable bonds is 3. The molecule has 21 heavy (non-hydrogen) atoms. The Labute approximate surface area is 126 Å². The van der Waals surface area contributed by atoms with E-state index >= 15 is 0 Å². The lowest BCUT2D eigenvalue weighted by Crippen LogP contribution is -2.42. The van der Waals surface area contributed by atoms with E-state index in [1.54, 1.807) is 11.0 Å². The van der Waals surface area contributed by atoms with Gasteiger partial charge in [0.2, 0.25) is 0 Å². The summed E-state index contributed by atoms with van der Waals surface area (Å²) in [6.07, 6.45) is 4.04. The first-order valence-electron chi connectivity index (χ1n) is 7.53. The number of benzene rings is 1. The molecule has 116 valence electrons. The molecule has 5 heteroatoms. The van der Waals surface area contributed by atoms with Crippen molar-refractivity contribution in [3.63, 3.8) is 0 Å². The zero-order chi connectivity index (χ0) is 15.4. The largest absolute Gasteiger partial charge is 0.397 e. The minimum atomic E-state index is -0.0743. The topological polar surface area (TPSA) is 69.8 Å². The van der Waals surface area contributed by atoms with Crippen molar-refractivity contribution in [3.8, 4) is 0 Å². The molecule has 1 aromatic rings. The van der Waals surface area contributed by atoms with Gasteiger partial charge in [0.25, 0.3) is 5.91 Å².